The van der Waals surface area contributed by atoms with Crippen LogP contribution in [0, 0.1) is 6.92 Å². The third kappa shape index (κ3) is 5.51. The van der Waals surface area contributed by atoms with E-state index in [4.69, 9.17) is 4.74 Å². The largest absolute Gasteiger partial charge is 0.496 e. The van der Waals surface area contributed by atoms with E-state index in [2.05, 4.69) is 5.32 Å². The quantitative estimate of drug-likeness (QED) is 0.816. The van der Waals surface area contributed by atoms with Crippen LogP contribution in [-0.4, -0.2) is 49.3 Å². The first kappa shape index (κ1) is 20.9. The first-order valence-electron chi connectivity index (χ1n) is 8.68. The molecule has 150 valence electrons. The van der Waals surface area contributed by atoms with Crippen molar-refractivity contribution >= 4 is 11.9 Å². The first-order valence-corrected chi connectivity index (χ1v) is 8.68. The minimum atomic E-state index is -4.49. The van der Waals surface area contributed by atoms with Gasteiger partial charge in [-0.1, -0.05) is 17.7 Å². The highest BCUT2D eigenvalue weighted by atomic mass is 19.4. The Bertz CT molecular complexity index is 694. The molecule has 0 spiro atoms. The monoisotopic (exact) mass is 387 g/mol. The van der Waals surface area contributed by atoms with Crippen LogP contribution in [0.25, 0.3) is 0 Å². The number of hydrogen-bond donors (Lipinski definition) is 2. The van der Waals surface area contributed by atoms with Gasteiger partial charge in [0.05, 0.1) is 13.2 Å². The van der Waals surface area contributed by atoms with Crippen molar-refractivity contribution in [3.05, 3.63) is 29.3 Å². The number of methoxy groups -OCH3 is 1. The van der Waals surface area contributed by atoms with Gasteiger partial charge in [0, 0.05) is 12.1 Å². The normalized spacial score (nSPS) is 18.1. The lowest BCUT2D eigenvalue weighted by Gasteiger charge is -2.27. The molecule has 1 heterocycles. The molecule has 1 aliphatic rings. The molecular formula is C18H24F3N3O3. The molecule has 2 rings (SSSR count). The lowest BCUT2D eigenvalue weighted by atomic mass is 10.0. The topological polar surface area (TPSA) is 70.7 Å². The molecule has 1 aromatic rings. The van der Waals surface area contributed by atoms with Gasteiger partial charge in [-0.2, -0.15) is 13.2 Å². The Morgan fingerprint density at radius 3 is 2.70 bits per heavy atom. The molecule has 1 aromatic carbocycles. The number of hydrogen-bond acceptors (Lipinski definition) is 3. The number of carbonyl (C=O) groups is 2. The van der Waals surface area contributed by atoms with Crippen molar-refractivity contribution in [3.63, 3.8) is 0 Å². The highest BCUT2D eigenvalue weighted by molar-refractivity contribution is 5.87. The lowest BCUT2D eigenvalue weighted by molar-refractivity contribution is -0.140. The van der Waals surface area contributed by atoms with E-state index in [9.17, 15) is 22.8 Å². The molecule has 9 heteroatoms. The number of rotatable bonds is 5. The summed E-state index contributed by atoms with van der Waals surface area (Å²) in [7, 11) is 1.53. The van der Waals surface area contributed by atoms with Crippen molar-refractivity contribution in [1.82, 2.24) is 15.5 Å². The molecule has 2 N–H and O–H groups in total. The number of benzene rings is 1. The van der Waals surface area contributed by atoms with Crippen molar-refractivity contribution in [2.24, 2.45) is 0 Å². The van der Waals surface area contributed by atoms with Crippen LogP contribution in [0.15, 0.2) is 18.2 Å². The zero-order valence-corrected chi connectivity index (χ0v) is 15.5. The number of carbonyl (C=O) groups excluding carboxylic acids is 2. The number of aryl methyl sites for hydroxylation is 1. The number of nitrogens with one attached hydrogen (secondary N) is 2. The van der Waals surface area contributed by atoms with Gasteiger partial charge in [0.1, 0.15) is 18.3 Å². The molecule has 3 amide bonds. The van der Waals surface area contributed by atoms with Gasteiger partial charge in [0.2, 0.25) is 5.91 Å². The third-order valence-electron chi connectivity index (χ3n) is 4.47. The molecule has 27 heavy (non-hydrogen) atoms. The molecule has 0 bridgehead atoms. The van der Waals surface area contributed by atoms with Crippen molar-refractivity contribution in [2.75, 3.05) is 20.2 Å². The van der Waals surface area contributed by atoms with E-state index in [1.165, 1.54) is 12.0 Å². The Morgan fingerprint density at radius 1 is 1.37 bits per heavy atom. The predicted octanol–water partition coefficient (Wildman–Crippen LogP) is 2.92. The SMILES string of the molecule is COc1ccc(C)cc1C(C)NC(=O)N1CCCC1C(=O)NCC(F)(F)F. The minimum Gasteiger partial charge on any atom is -0.496 e. The van der Waals surface area contributed by atoms with E-state index in [-0.39, 0.29) is 0 Å². The van der Waals surface area contributed by atoms with E-state index in [1.54, 1.807) is 13.0 Å². The van der Waals surface area contributed by atoms with Crippen LogP contribution < -0.4 is 15.4 Å². The van der Waals surface area contributed by atoms with Crippen molar-refractivity contribution in [3.8, 4) is 5.75 Å². The number of likely N-dealkylation sites (tertiary alicyclic amines) is 1. The lowest BCUT2D eigenvalue weighted by Crippen LogP contribution is -2.51. The Labute approximate surface area is 156 Å². The van der Waals surface area contributed by atoms with Crippen molar-refractivity contribution in [1.29, 1.82) is 0 Å². The second-order valence-corrected chi connectivity index (χ2v) is 6.60. The molecule has 1 saturated heterocycles. The molecule has 2 atom stereocenters. The summed E-state index contributed by atoms with van der Waals surface area (Å²) in [5.74, 6) is -0.171. The van der Waals surface area contributed by atoms with Gasteiger partial charge in [-0.15, -0.1) is 0 Å². The summed E-state index contributed by atoms with van der Waals surface area (Å²) in [6, 6.07) is 3.79. The van der Waals surface area contributed by atoms with Crippen LogP contribution in [-0.2, 0) is 4.79 Å². The summed E-state index contributed by atoms with van der Waals surface area (Å²) in [4.78, 5) is 25.9. The predicted molar refractivity (Wildman–Crippen MR) is 93.5 cm³/mol. The van der Waals surface area contributed by atoms with Crippen LogP contribution in [0.1, 0.15) is 36.9 Å². The summed E-state index contributed by atoms with van der Waals surface area (Å²) in [6.45, 7) is 2.60. The van der Waals surface area contributed by atoms with Crippen molar-refractivity contribution in [2.45, 2.75) is 44.9 Å². The van der Waals surface area contributed by atoms with E-state index >= 15 is 0 Å². The molecule has 0 radical (unpaired) electrons. The fourth-order valence-corrected chi connectivity index (χ4v) is 3.13. The highest BCUT2D eigenvalue weighted by Gasteiger charge is 2.36. The summed E-state index contributed by atoms with van der Waals surface area (Å²) >= 11 is 0. The van der Waals surface area contributed by atoms with E-state index in [0.29, 0.717) is 25.1 Å². The van der Waals surface area contributed by atoms with Crippen molar-refractivity contribution < 1.29 is 27.5 Å². The first-order chi connectivity index (χ1) is 12.6. The Hall–Kier alpha value is -2.45. The second-order valence-electron chi connectivity index (χ2n) is 6.60. The molecule has 1 aliphatic heterocycles. The van der Waals surface area contributed by atoms with Crippen LogP contribution in [0.2, 0.25) is 0 Å². The maximum absolute atomic E-state index is 12.6. The van der Waals surface area contributed by atoms with E-state index < -0.39 is 36.7 Å². The maximum atomic E-state index is 12.6. The Kier molecular flexibility index (Phi) is 6.56. The van der Waals surface area contributed by atoms with Gasteiger partial charge in [0.15, 0.2) is 0 Å². The molecule has 0 saturated carbocycles. The van der Waals surface area contributed by atoms with Gasteiger partial charge in [-0.05, 0) is 32.8 Å². The van der Waals surface area contributed by atoms with Gasteiger partial charge in [0.25, 0.3) is 0 Å². The van der Waals surface area contributed by atoms with Crippen LogP contribution in [0.5, 0.6) is 5.75 Å². The standard InChI is InChI=1S/C18H24F3N3O3/c1-11-6-7-15(27-3)13(9-11)12(2)23-17(26)24-8-4-5-14(24)16(25)22-10-18(19,20)21/h6-7,9,12,14H,4-5,8,10H2,1-3H3,(H,22,25)(H,23,26). The van der Waals surface area contributed by atoms with Crippen LogP contribution in [0.4, 0.5) is 18.0 Å². The van der Waals surface area contributed by atoms with Gasteiger partial charge in [-0.25, -0.2) is 4.79 Å². The number of nitrogens with zero attached hydrogens (tertiary/aromatic N) is 1. The molecule has 2 unspecified atom stereocenters. The number of ether oxygens (including phenoxy) is 1. The highest BCUT2D eigenvalue weighted by Crippen LogP contribution is 2.27. The Morgan fingerprint density at radius 2 is 2.07 bits per heavy atom. The van der Waals surface area contributed by atoms with Crippen LogP contribution in [0.3, 0.4) is 0 Å². The second kappa shape index (κ2) is 8.49. The zero-order chi connectivity index (χ0) is 20.2. The maximum Gasteiger partial charge on any atom is 0.405 e. The molecule has 0 aromatic heterocycles. The van der Waals surface area contributed by atoms with E-state index in [0.717, 1.165) is 11.1 Å². The number of alkyl halides is 3. The fraction of sp³-hybridized carbons (Fsp3) is 0.556. The van der Waals surface area contributed by atoms with Gasteiger partial charge < -0.3 is 20.3 Å². The fourth-order valence-electron chi connectivity index (χ4n) is 3.13. The molecular weight excluding hydrogens is 363 g/mol. The van der Waals surface area contributed by atoms with Gasteiger partial charge >= 0.3 is 12.2 Å². The average molecular weight is 387 g/mol. The average Bonchev–Trinajstić information content (AvgIpc) is 3.08. The summed E-state index contributed by atoms with van der Waals surface area (Å²) < 4.78 is 42.2. The number of amides is 3. The molecule has 1 fully saturated rings. The van der Waals surface area contributed by atoms with Crippen LogP contribution >= 0.6 is 0 Å². The smallest absolute Gasteiger partial charge is 0.405 e. The van der Waals surface area contributed by atoms with Gasteiger partial charge in [-0.3, -0.25) is 4.79 Å². The summed E-state index contributed by atoms with van der Waals surface area (Å²) in [5.41, 5.74) is 1.78. The summed E-state index contributed by atoms with van der Waals surface area (Å²) in [6.07, 6.45) is -3.60. The summed E-state index contributed by atoms with van der Waals surface area (Å²) in [5, 5.41) is 4.66. The third-order valence-corrected chi connectivity index (χ3v) is 4.47. The number of halogens is 3. The number of urea groups is 1. The molecule has 0 aliphatic carbocycles. The Balaban J connectivity index is 2.04. The van der Waals surface area contributed by atoms with E-state index in [1.807, 2.05) is 24.4 Å². The zero-order valence-electron chi connectivity index (χ0n) is 15.5. The molecule has 6 nitrogen and oxygen atoms in total. The minimum absolute atomic E-state index is 0.313.